The molecule has 2 rings (SSSR count). The molecule has 0 saturated carbocycles. The van der Waals surface area contributed by atoms with E-state index in [0.29, 0.717) is 0 Å². The summed E-state index contributed by atoms with van der Waals surface area (Å²) in [6.07, 6.45) is 12.4. The zero-order valence-corrected chi connectivity index (χ0v) is 9.87. The molecule has 3 nitrogen and oxygen atoms in total. The van der Waals surface area contributed by atoms with E-state index in [1.807, 2.05) is 19.3 Å². The molecule has 1 aliphatic carbocycles. The molecule has 0 saturated heterocycles. The molecule has 0 aliphatic heterocycles. The van der Waals surface area contributed by atoms with Crippen molar-refractivity contribution in [2.75, 3.05) is 11.9 Å². The summed E-state index contributed by atoms with van der Waals surface area (Å²) >= 11 is 0. The fraction of sp³-hybridized carbons (Fsp3) is 0.538. The van der Waals surface area contributed by atoms with Crippen molar-refractivity contribution in [3.8, 4) is 0 Å². The van der Waals surface area contributed by atoms with E-state index in [1.54, 1.807) is 5.57 Å². The van der Waals surface area contributed by atoms with E-state index < -0.39 is 0 Å². The van der Waals surface area contributed by atoms with Crippen molar-refractivity contribution in [1.29, 1.82) is 0 Å². The molecule has 86 valence electrons. The molecule has 0 amide bonds. The topological polar surface area (TPSA) is 37.8 Å². The summed E-state index contributed by atoms with van der Waals surface area (Å²) in [5.41, 5.74) is 2.69. The summed E-state index contributed by atoms with van der Waals surface area (Å²) in [6, 6.07) is 0. The average molecular weight is 217 g/mol. The third kappa shape index (κ3) is 3.33. The van der Waals surface area contributed by atoms with Crippen LogP contribution in [0.3, 0.4) is 0 Å². The molecule has 1 aromatic heterocycles. The number of aromatic nitrogens is 2. The Morgan fingerprint density at radius 3 is 2.75 bits per heavy atom. The molecule has 0 aromatic carbocycles. The van der Waals surface area contributed by atoms with Gasteiger partial charge in [0.2, 0.25) is 5.95 Å². The summed E-state index contributed by atoms with van der Waals surface area (Å²) in [5, 5.41) is 3.26. The van der Waals surface area contributed by atoms with Gasteiger partial charge in [0.1, 0.15) is 0 Å². The van der Waals surface area contributed by atoms with E-state index in [0.717, 1.165) is 24.5 Å². The first kappa shape index (κ1) is 11.1. The quantitative estimate of drug-likeness (QED) is 0.787. The molecular formula is C13H19N3. The minimum Gasteiger partial charge on any atom is -0.354 e. The molecule has 0 spiro atoms. The Balaban J connectivity index is 1.75. The van der Waals surface area contributed by atoms with Crippen LogP contribution in [-0.4, -0.2) is 16.5 Å². The largest absolute Gasteiger partial charge is 0.354 e. The predicted molar refractivity (Wildman–Crippen MR) is 66.4 cm³/mol. The number of nitrogens with one attached hydrogen (secondary N) is 1. The van der Waals surface area contributed by atoms with Gasteiger partial charge in [0.25, 0.3) is 0 Å². The van der Waals surface area contributed by atoms with Gasteiger partial charge in [-0.05, 0) is 44.6 Å². The van der Waals surface area contributed by atoms with E-state index >= 15 is 0 Å². The predicted octanol–water partition coefficient (Wildman–Crippen LogP) is 3.09. The lowest BCUT2D eigenvalue weighted by molar-refractivity contribution is 0.679. The summed E-state index contributed by atoms with van der Waals surface area (Å²) in [6.45, 7) is 2.94. The molecule has 0 unspecified atom stereocenters. The highest BCUT2D eigenvalue weighted by atomic mass is 15.1. The lowest BCUT2D eigenvalue weighted by Gasteiger charge is -2.12. The highest BCUT2D eigenvalue weighted by molar-refractivity contribution is 5.24. The van der Waals surface area contributed by atoms with E-state index in [9.17, 15) is 0 Å². The summed E-state index contributed by atoms with van der Waals surface area (Å²) in [7, 11) is 0. The van der Waals surface area contributed by atoms with Crippen LogP contribution in [0.25, 0.3) is 0 Å². The van der Waals surface area contributed by atoms with Crippen LogP contribution in [-0.2, 0) is 0 Å². The fourth-order valence-corrected chi connectivity index (χ4v) is 1.95. The van der Waals surface area contributed by atoms with Crippen molar-refractivity contribution in [2.45, 2.75) is 39.0 Å². The molecule has 1 aliphatic rings. The van der Waals surface area contributed by atoms with Crippen LogP contribution in [0, 0.1) is 6.92 Å². The van der Waals surface area contributed by atoms with Crippen LogP contribution in [0.1, 0.15) is 37.7 Å². The summed E-state index contributed by atoms with van der Waals surface area (Å²) < 4.78 is 0. The van der Waals surface area contributed by atoms with Gasteiger partial charge in [-0.3, -0.25) is 0 Å². The average Bonchev–Trinajstić information content (AvgIpc) is 2.33. The Morgan fingerprint density at radius 1 is 1.25 bits per heavy atom. The Labute approximate surface area is 97.0 Å². The van der Waals surface area contributed by atoms with Gasteiger partial charge in [0.05, 0.1) is 0 Å². The third-order valence-electron chi connectivity index (χ3n) is 2.90. The number of hydrogen-bond donors (Lipinski definition) is 1. The van der Waals surface area contributed by atoms with Gasteiger partial charge in [0, 0.05) is 18.9 Å². The van der Waals surface area contributed by atoms with Crippen molar-refractivity contribution in [2.24, 2.45) is 0 Å². The molecule has 1 heterocycles. The van der Waals surface area contributed by atoms with Gasteiger partial charge in [-0.2, -0.15) is 0 Å². The molecule has 0 bridgehead atoms. The van der Waals surface area contributed by atoms with E-state index in [1.165, 1.54) is 25.7 Å². The standard InChI is InChI=1S/C13H19N3/c1-11-9-15-13(16-10-11)14-8-7-12-5-3-2-4-6-12/h5,9-10H,2-4,6-8H2,1H3,(H,14,15,16). The van der Waals surface area contributed by atoms with Crippen LogP contribution in [0.2, 0.25) is 0 Å². The first-order valence-corrected chi connectivity index (χ1v) is 6.05. The maximum Gasteiger partial charge on any atom is 0.222 e. The van der Waals surface area contributed by atoms with Crippen molar-refractivity contribution in [3.63, 3.8) is 0 Å². The van der Waals surface area contributed by atoms with Gasteiger partial charge in [-0.25, -0.2) is 9.97 Å². The van der Waals surface area contributed by atoms with Crippen LogP contribution in [0.15, 0.2) is 24.0 Å². The van der Waals surface area contributed by atoms with Crippen molar-refractivity contribution in [3.05, 3.63) is 29.6 Å². The van der Waals surface area contributed by atoms with Crippen LogP contribution < -0.4 is 5.32 Å². The fourth-order valence-electron chi connectivity index (χ4n) is 1.95. The molecule has 0 fully saturated rings. The molecule has 1 N–H and O–H groups in total. The zero-order valence-electron chi connectivity index (χ0n) is 9.87. The number of nitrogens with zero attached hydrogens (tertiary/aromatic N) is 2. The highest BCUT2D eigenvalue weighted by Crippen LogP contribution is 2.19. The zero-order chi connectivity index (χ0) is 11.2. The van der Waals surface area contributed by atoms with Crippen LogP contribution in [0.5, 0.6) is 0 Å². The first-order chi connectivity index (χ1) is 7.84. The second-order valence-electron chi connectivity index (χ2n) is 4.37. The number of hydrogen-bond acceptors (Lipinski definition) is 3. The number of anilines is 1. The molecule has 0 atom stereocenters. The maximum atomic E-state index is 4.22. The minimum atomic E-state index is 0.738. The summed E-state index contributed by atoms with van der Waals surface area (Å²) in [4.78, 5) is 8.44. The lowest BCUT2D eigenvalue weighted by atomic mass is 9.97. The normalized spacial score (nSPS) is 15.7. The Kier molecular flexibility index (Phi) is 3.91. The van der Waals surface area contributed by atoms with E-state index in [-0.39, 0.29) is 0 Å². The molecule has 3 heteroatoms. The van der Waals surface area contributed by atoms with Crippen LogP contribution >= 0.6 is 0 Å². The first-order valence-electron chi connectivity index (χ1n) is 6.05. The highest BCUT2D eigenvalue weighted by Gasteiger charge is 2.03. The second kappa shape index (κ2) is 5.64. The van der Waals surface area contributed by atoms with Crippen molar-refractivity contribution in [1.82, 2.24) is 9.97 Å². The molecule has 1 aromatic rings. The van der Waals surface area contributed by atoms with Gasteiger partial charge in [-0.15, -0.1) is 0 Å². The number of allylic oxidation sites excluding steroid dienone is 1. The van der Waals surface area contributed by atoms with E-state index in [2.05, 4.69) is 21.4 Å². The third-order valence-corrected chi connectivity index (χ3v) is 2.90. The van der Waals surface area contributed by atoms with Gasteiger partial charge in [0.15, 0.2) is 0 Å². The lowest BCUT2D eigenvalue weighted by Crippen LogP contribution is -2.07. The SMILES string of the molecule is Cc1cnc(NCCC2=CCCCC2)nc1. The number of aryl methyl sites for hydroxylation is 1. The second-order valence-corrected chi connectivity index (χ2v) is 4.37. The van der Waals surface area contributed by atoms with Gasteiger partial charge < -0.3 is 5.32 Å². The Bertz CT molecular complexity index is 354. The van der Waals surface area contributed by atoms with Gasteiger partial charge >= 0.3 is 0 Å². The van der Waals surface area contributed by atoms with Crippen molar-refractivity contribution < 1.29 is 0 Å². The molecule has 16 heavy (non-hydrogen) atoms. The molecular weight excluding hydrogens is 198 g/mol. The Morgan fingerprint density at radius 2 is 2.06 bits per heavy atom. The van der Waals surface area contributed by atoms with Crippen molar-refractivity contribution >= 4 is 5.95 Å². The van der Waals surface area contributed by atoms with Crippen LogP contribution in [0.4, 0.5) is 5.95 Å². The smallest absolute Gasteiger partial charge is 0.222 e. The summed E-state index contributed by atoms with van der Waals surface area (Å²) in [5.74, 6) is 0.738. The molecule has 0 radical (unpaired) electrons. The Hall–Kier alpha value is -1.38. The van der Waals surface area contributed by atoms with E-state index in [4.69, 9.17) is 0 Å². The van der Waals surface area contributed by atoms with Gasteiger partial charge in [-0.1, -0.05) is 11.6 Å². The number of rotatable bonds is 4. The maximum absolute atomic E-state index is 4.22. The monoisotopic (exact) mass is 217 g/mol. The minimum absolute atomic E-state index is 0.738.